The van der Waals surface area contributed by atoms with Crippen molar-refractivity contribution in [3.63, 3.8) is 0 Å². The topological polar surface area (TPSA) is 13.1 Å². The Balaban J connectivity index is 1.13. The van der Waals surface area contributed by atoms with E-state index in [0.29, 0.717) is 0 Å². The fourth-order valence-corrected chi connectivity index (χ4v) is 10.8. The SMILES string of the molecule is c1ccc(C2(c3ccccc3)c3ccc(-c4c5ccccc5cc5c4ccc4ccccc45)cc3-c3c2ccc2c(-c4ccc5c(c4)oc4ccccc45)cccc32)cc1. The third kappa shape index (κ3) is 4.58. The van der Waals surface area contributed by atoms with Crippen LogP contribution in [-0.4, -0.2) is 0 Å². The third-order valence-corrected chi connectivity index (χ3v) is 13.3. The number of fused-ring (bicyclic) bond motifs is 12. The van der Waals surface area contributed by atoms with Gasteiger partial charge in [-0.25, -0.2) is 0 Å². The van der Waals surface area contributed by atoms with Gasteiger partial charge in [0.2, 0.25) is 0 Å². The molecule has 1 aliphatic rings. The monoisotopic (exact) mass is 760 g/mol. The highest BCUT2D eigenvalue weighted by molar-refractivity contribution is 6.20. The van der Waals surface area contributed by atoms with Gasteiger partial charge in [-0.15, -0.1) is 0 Å². The van der Waals surface area contributed by atoms with Gasteiger partial charge >= 0.3 is 0 Å². The molecule has 0 N–H and O–H groups in total. The van der Waals surface area contributed by atoms with Crippen LogP contribution in [0.5, 0.6) is 0 Å². The first-order valence-electron chi connectivity index (χ1n) is 20.8. The maximum Gasteiger partial charge on any atom is 0.136 e. The molecule has 60 heavy (non-hydrogen) atoms. The second kappa shape index (κ2) is 12.6. The average Bonchev–Trinajstić information content (AvgIpc) is 3.84. The first-order valence-corrected chi connectivity index (χ1v) is 20.8. The molecule has 0 bridgehead atoms. The summed E-state index contributed by atoms with van der Waals surface area (Å²) in [5.74, 6) is 0. The Labute approximate surface area is 347 Å². The highest BCUT2D eigenvalue weighted by Crippen LogP contribution is 2.59. The lowest BCUT2D eigenvalue weighted by Crippen LogP contribution is -2.28. The van der Waals surface area contributed by atoms with Crippen molar-refractivity contribution in [3.8, 4) is 33.4 Å². The molecule has 11 aromatic carbocycles. The smallest absolute Gasteiger partial charge is 0.136 e. The maximum atomic E-state index is 6.41. The van der Waals surface area contributed by atoms with E-state index in [9.17, 15) is 0 Å². The number of para-hydroxylation sites is 1. The zero-order valence-corrected chi connectivity index (χ0v) is 32.7. The summed E-state index contributed by atoms with van der Waals surface area (Å²) in [6.07, 6.45) is 0. The van der Waals surface area contributed by atoms with E-state index in [2.05, 4.69) is 212 Å². The van der Waals surface area contributed by atoms with Gasteiger partial charge in [0.15, 0.2) is 0 Å². The molecule has 1 heteroatoms. The number of benzene rings is 11. The number of furan rings is 1. The minimum Gasteiger partial charge on any atom is -0.456 e. The molecule has 1 aliphatic carbocycles. The first kappa shape index (κ1) is 33.3. The molecule has 0 aliphatic heterocycles. The van der Waals surface area contributed by atoms with Crippen LogP contribution >= 0.6 is 0 Å². The third-order valence-electron chi connectivity index (χ3n) is 13.3. The second-order valence-electron chi connectivity index (χ2n) is 16.3. The van der Waals surface area contributed by atoms with E-state index in [4.69, 9.17) is 4.42 Å². The van der Waals surface area contributed by atoms with Gasteiger partial charge in [0.05, 0.1) is 5.41 Å². The van der Waals surface area contributed by atoms with E-state index in [0.717, 1.165) is 27.5 Å². The Kier molecular flexibility index (Phi) is 7.00. The lowest BCUT2D eigenvalue weighted by molar-refractivity contribution is 0.669. The summed E-state index contributed by atoms with van der Waals surface area (Å²) >= 11 is 0. The standard InChI is InChI=1S/C59H36O/c1-3-16-41(17-4-1)59(42-18-5-2-6-19-42)53-32-28-40(57-45-21-10-8-15-38(45)34-51-43-20-9-7-14-37(43)26-30-50(51)57)35-52(53)58-49-24-13-23-44(46(49)31-33-54(58)59)39-27-29-48-47-22-11-12-25-55(47)60-56(48)36-39/h1-36H. The molecule has 13 rings (SSSR count). The van der Waals surface area contributed by atoms with Gasteiger partial charge in [0.25, 0.3) is 0 Å². The Morgan fingerprint density at radius 2 is 0.883 bits per heavy atom. The van der Waals surface area contributed by atoms with Gasteiger partial charge < -0.3 is 4.42 Å². The summed E-state index contributed by atoms with van der Waals surface area (Å²) in [7, 11) is 0. The molecule has 12 aromatic rings. The molecule has 0 spiro atoms. The fraction of sp³-hybridized carbons (Fsp3) is 0.0169. The first-order chi connectivity index (χ1) is 29.8. The summed E-state index contributed by atoms with van der Waals surface area (Å²) in [6.45, 7) is 0. The fourth-order valence-electron chi connectivity index (χ4n) is 10.8. The molecule has 1 nitrogen and oxygen atoms in total. The van der Waals surface area contributed by atoms with E-state index in [1.807, 2.05) is 6.07 Å². The van der Waals surface area contributed by atoms with Crippen molar-refractivity contribution in [3.05, 3.63) is 241 Å². The Morgan fingerprint density at radius 3 is 1.70 bits per heavy atom. The van der Waals surface area contributed by atoms with Crippen LogP contribution in [0.1, 0.15) is 22.3 Å². The molecular formula is C59H36O. The van der Waals surface area contributed by atoms with Crippen molar-refractivity contribution in [1.29, 1.82) is 0 Å². The number of hydrogen-bond acceptors (Lipinski definition) is 1. The molecule has 0 fully saturated rings. The van der Waals surface area contributed by atoms with Crippen molar-refractivity contribution in [2.24, 2.45) is 0 Å². The normalized spacial score (nSPS) is 13.1. The average molecular weight is 761 g/mol. The molecule has 0 saturated heterocycles. The molecular weight excluding hydrogens is 725 g/mol. The highest BCUT2D eigenvalue weighted by Gasteiger charge is 2.47. The lowest BCUT2D eigenvalue weighted by atomic mass is 9.67. The molecule has 0 unspecified atom stereocenters. The molecule has 1 aromatic heterocycles. The van der Waals surface area contributed by atoms with E-state index in [-0.39, 0.29) is 0 Å². The van der Waals surface area contributed by atoms with Crippen molar-refractivity contribution < 1.29 is 4.42 Å². The predicted octanol–water partition coefficient (Wildman–Crippen LogP) is 15.9. The van der Waals surface area contributed by atoms with Crippen LogP contribution in [0.15, 0.2) is 223 Å². The van der Waals surface area contributed by atoms with Crippen LogP contribution in [-0.2, 0) is 5.41 Å². The molecule has 1 heterocycles. The van der Waals surface area contributed by atoms with Gasteiger partial charge in [0, 0.05) is 10.8 Å². The highest BCUT2D eigenvalue weighted by atomic mass is 16.3. The van der Waals surface area contributed by atoms with Crippen molar-refractivity contribution in [1.82, 2.24) is 0 Å². The van der Waals surface area contributed by atoms with Gasteiger partial charge in [-0.1, -0.05) is 188 Å². The minimum atomic E-state index is -0.528. The molecule has 278 valence electrons. The second-order valence-corrected chi connectivity index (χ2v) is 16.3. The van der Waals surface area contributed by atoms with E-state index in [1.54, 1.807) is 0 Å². The molecule has 0 saturated carbocycles. The number of hydrogen-bond donors (Lipinski definition) is 0. The van der Waals surface area contributed by atoms with Gasteiger partial charge in [0.1, 0.15) is 11.2 Å². The maximum absolute atomic E-state index is 6.41. The summed E-state index contributed by atoms with van der Waals surface area (Å²) < 4.78 is 6.41. The number of rotatable bonds is 4. The van der Waals surface area contributed by atoms with Crippen LogP contribution < -0.4 is 0 Å². The predicted molar refractivity (Wildman–Crippen MR) is 252 cm³/mol. The van der Waals surface area contributed by atoms with Crippen LogP contribution in [0.25, 0.3) is 98.4 Å². The summed E-state index contributed by atoms with van der Waals surface area (Å²) in [5, 5.41) is 12.3. The lowest BCUT2D eigenvalue weighted by Gasteiger charge is -2.34. The quantitative estimate of drug-likeness (QED) is 0.129. The van der Waals surface area contributed by atoms with Crippen LogP contribution in [0.3, 0.4) is 0 Å². The Hall–Kier alpha value is -7.74. The molecule has 0 atom stereocenters. The molecule has 0 amide bonds. The van der Waals surface area contributed by atoms with Crippen molar-refractivity contribution in [2.75, 3.05) is 0 Å². The minimum absolute atomic E-state index is 0.528. The van der Waals surface area contributed by atoms with E-state index in [1.165, 1.54) is 93.2 Å². The summed E-state index contributed by atoms with van der Waals surface area (Å²) in [5.41, 5.74) is 13.8. The van der Waals surface area contributed by atoms with Gasteiger partial charge in [-0.05, 0) is 129 Å². The summed E-state index contributed by atoms with van der Waals surface area (Å²) in [6, 6.07) is 80.8. The zero-order valence-electron chi connectivity index (χ0n) is 32.7. The van der Waals surface area contributed by atoms with E-state index < -0.39 is 5.41 Å². The largest absolute Gasteiger partial charge is 0.456 e. The van der Waals surface area contributed by atoms with Gasteiger partial charge in [-0.2, -0.15) is 0 Å². The van der Waals surface area contributed by atoms with Crippen LogP contribution in [0, 0.1) is 0 Å². The summed E-state index contributed by atoms with van der Waals surface area (Å²) in [4.78, 5) is 0. The van der Waals surface area contributed by atoms with E-state index >= 15 is 0 Å². The van der Waals surface area contributed by atoms with Gasteiger partial charge in [-0.3, -0.25) is 0 Å². The Bertz CT molecular complexity index is 3660. The molecule has 0 radical (unpaired) electrons. The van der Waals surface area contributed by atoms with Crippen LogP contribution in [0.4, 0.5) is 0 Å². The van der Waals surface area contributed by atoms with Crippen molar-refractivity contribution >= 4 is 65.0 Å². The zero-order chi connectivity index (χ0) is 39.4. The Morgan fingerprint density at radius 1 is 0.283 bits per heavy atom. The van der Waals surface area contributed by atoms with Crippen LogP contribution in [0.2, 0.25) is 0 Å². The van der Waals surface area contributed by atoms with Crippen molar-refractivity contribution in [2.45, 2.75) is 5.41 Å².